The van der Waals surface area contributed by atoms with Crippen molar-refractivity contribution in [1.29, 1.82) is 0 Å². The van der Waals surface area contributed by atoms with E-state index in [1.54, 1.807) is 0 Å². The van der Waals surface area contributed by atoms with E-state index >= 15 is 0 Å². The number of likely N-dealkylation sites (tertiary alicyclic amines) is 1. The number of hydrogen-bond donors (Lipinski definition) is 2. The molecule has 1 aromatic rings. The highest BCUT2D eigenvalue weighted by atomic mass is 79.9. The third kappa shape index (κ3) is 4.69. The molecule has 4 nitrogen and oxygen atoms in total. The van der Waals surface area contributed by atoms with Gasteiger partial charge < -0.3 is 11.1 Å². The Balaban J connectivity index is 1.97. The zero-order valence-electron chi connectivity index (χ0n) is 11.8. The maximum absolute atomic E-state index is 12.8. The van der Waals surface area contributed by atoms with E-state index in [-0.39, 0.29) is 28.7 Å². The second-order valence-electron chi connectivity index (χ2n) is 5.35. The minimum atomic E-state index is -4.47. The molecule has 1 saturated heterocycles. The number of rotatable bonds is 3. The van der Waals surface area contributed by atoms with Crippen LogP contribution in [0.15, 0.2) is 22.7 Å². The lowest BCUT2D eigenvalue weighted by atomic mass is 10.1. The molecule has 1 fully saturated rings. The number of halogens is 4. The second-order valence-corrected chi connectivity index (χ2v) is 6.21. The zero-order chi connectivity index (χ0) is 16.3. The van der Waals surface area contributed by atoms with Crippen molar-refractivity contribution in [1.82, 2.24) is 4.90 Å². The van der Waals surface area contributed by atoms with E-state index in [2.05, 4.69) is 21.2 Å². The average Bonchev–Trinajstić information content (AvgIpc) is 2.42. The lowest BCUT2D eigenvalue weighted by Crippen LogP contribution is -2.43. The number of nitrogens with two attached hydrogens (primary N) is 1. The van der Waals surface area contributed by atoms with E-state index in [4.69, 9.17) is 5.73 Å². The van der Waals surface area contributed by atoms with E-state index in [1.165, 1.54) is 12.1 Å². The predicted octanol–water partition coefficient (Wildman–Crippen LogP) is 2.83. The number of nitrogens with zero attached hydrogens (tertiary/aromatic N) is 1. The Morgan fingerprint density at radius 3 is 2.59 bits per heavy atom. The molecule has 0 aliphatic carbocycles. The summed E-state index contributed by atoms with van der Waals surface area (Å²) in [5.41, 5.74) is 5.11. The summed E-state index contributed by atoms with van der Waals surface area (Å²) in [5, 5.41) is 2.51. The summed E-state index contributed by atoms with van der Waals surface area (Å²) in [7, 11) is 0. The minimum absolute atomic E-state index is 0.0528. The molecule has 0 aromatic heterocycles. The SMILES string of the molecule is NC1CCN(CC(=O)Nc2ccc(Br)c(C(F)(F)F)c2)CC1. The van der Waals surface area contributed by atoms with Gasteiger partial charge in [-0.15, -0.1) is 0 Å². The maximum atomic E-state index is 12.8. The fourth-order valence-electron chi connectivity index (χ4n) is 2.33. The molecule has 0 unspecified atom stereocenters. The van der Waals surface area contributed by atoms with Gasteiger partial charge in [-0.3, -0.25) is 9.69 Å². The van der Waals surface area contributed by atoms with Crippen molar-refractivity contribution in [3.63, 3.8) is 0 Å². The number of amides is 1. The minimum Gasteiger partial charge on any atom is -0.328 e. The summed E-state index contributed by atoms with van der Waals surface area (Å²) >= 11 is 2.86. The van der Waals surface area contributed by atoms with E-state index < -0.39 is 11.7 Å². The molecule has 8 heteroatoms. The number of carbonyl (C=O) groups is 1. The van der Waals surface area contributed by atoms with Gasteiger partial charge in [0, 0.05) is 29.3 Å². The maximum Gasteiger partial charge on any atom is 0.417 e. The van der Waals surface area contributed by atoms with Crippen LogP contribution in [0, 0.1) is 0 Å². The highest BCUT2D eigenvalue weighted by Gasteiger charge is 2.33. The fourth-order valence-corrected chi connectivity index (χ4v) is 2.81. The largest absolute Gasteiger partial charge is 0.417 e. The van der Waals surface area contributed by atoms with Crippen molar-refractivity contribution in [2.24, 2.45) is 5.73 Å². The molecule has 0 atom stereocenters. The molecule has 0 saturated carbocycles. The van der Waals surface area contributed by atoms with E-state index in [0.29, 0.717) is 0 Å². The predicted molar refractivity (Wildman–Crippen MR) is 81.4 cm³/mol. The first-order valence-corrected chi connectivity index (χ1v) is 7.69. The Kier molecular flexibility index (Phi) is 5.46. The number of alkyl halides is 3. The molecule has 1 aliphatic rings. The molecule has 3 N–H and O–H groups in total. The van der Waals surface area contributed by atoms with Gasteiger partial charge in [-0.1, -0.05) is 15.9 Å². The van der Waals surface area contributed by atoms with Gasteiger partial charge in [-0.05, 0) is 31.0 Å². The van der Waals surface area contributed by atoms with Crippen molar-refractivity contribution in [3.8, 4) is 0 Å². The van der Waals surface area contributed by atoms with Crippen LogP contribution in [-0.4, -0.2) is 36.5 Å². The van der Waals surface area contributed by atoms with Gasteiger partial charge in [-0.25, -0.2) is 0 Å². The van der Waals surface area contributed by atoms with Crippen LogP contribution in [0.5, 0.6) is 0 Å². The smallest absolute Gasteiger partial charge is 0.328 e. The Morgan fingerprint density at radius 1 is 1.36 bits per heavy atom. The lowest BCUT2D eigenvalue weighted by Gasteiger charge is -2.29. The van der Waals surface area contributed by atoms with E-state index in [1.807, 2.05) is 4.90 Å². The monoisotopic (exact) mass is 379 g/mol. The van der Waals surface area contributed by atoms with Gasteiger partial charge in [0.05, 0.1) is 12.1 Å². The number of anilines is 1. The quantitative estimate of drug-likeness (QED) is 0.848. The van der Waals surface area contributed by atoms with Gasteiger partial charge in [-0.2, -0.15) is 13.2 Å². The Bertz CT molecular complexity index is 543. The molecule has 2 rings (SSSR count). The number of nitrogens with one attached hydrogen (secondary N) is 1. The summed E-state index contributed by atoms with van der Waals surface area (Å²) in [6, 6.07) is 3.80. The van der Waals surface area contributed by atoms with Gasteiger partial charge in [0.2, 0.25) is 5.91 Å². The molecule has 1 heterocycles. The molecule has 0 spiro atoms. The van der Waals surface area contributed by atoms with Gasteiger partial charge in [0.25, 0.3) is 0 Å². The Morgan fingerprint density at radius 2 is 2.00 bits per heavy atom. The third-order valence-electron chi connectivity index (χ3n) is 3.55. The molecule has 1 amide bonds. The van der Waals surface area contributed by atoms with E-state index in [9.17, 15) is 18.0 Å². The molecular weight excluding hydrogens is 363 g/mol. The van der Waals surface area contributed by atoms with Crippen LogP contribution >= 0.6 is 15.9 Å². The van der Waals surface area contributed by atoms with Crippen LogP contribution in [0.4, 0.5) is 18.9 Å². The summed E-state index contributed by atoms with van der Waals surface area (Å²) < 4.78 is 38.4. The van der Waals surface area contributed by atoms with Crippen LogP contribution in [-0.2, 0) is 11.0 Å². The lowest BCUT2D eigenvalue weighted by molar-refractivity contribution is -0.138. The fraction of sp³-hybridized carbons (Fsp3) is 0.500. The van der Waals surface area contributed by atoms with Crippen LogP contribution in [0.1, 0.15) is 18.4 Å². The first-order valence-electron chi connectivity index (χ1n) is 6.90. The zero-order valence-corrected chi connectivity index (χ0v) is 13.4. The van der Waals surface area contributed by atoms with Crippen molar-refractivity contribution in [3.05, 3.63) is 28.2 Å². The Hall–Kier alpha value is -1.12. The molecule has 0 radical (unpaired) electrons. The van der Waals surface area contributed by atoms with Crippen molar-refractivity contribution < 1.29 is 18.0 Å². The van der Waals surface area contributed by atoms with Crippen molar-refractivity contribution in [2.45, 2.75) is 25.1 Å². The first kappa shape index (κ1) is 17.2. The second kappa shape index (κ2) is 6.97. The summed E-state index contributed by atoms with van der Waals surface area (Å²) in [4.78, 5) is 13.9. The van der Waals surface area contributed by atoms with E-state index in [0.717, 1.165) is 32.0 Å². The number of piperidine rings is 1. The number of benzene rings is 1. The standard InChI is InChI=1S/C14H17BrF3N3O/c15-12-2-1-10(7-11(12)14(16,17)18)20-13(22)8-21-5-3-9(19)4-6-21/h1-2,7,9H,3-6,8,19H2,(H,20,22). The third-order valence-corrected chi connectivity index (χ3v) is 4.25. The molecule has 122 valence electrons. The summed E-state index contributed by atoms with van der Waals surface area (Å²) in [5.74, 6) is -0.328. The summed E-state index contributed by atoms with van der Waals surface area (Å²) in [6.45, 7) is 1.61. The molecule has 1 aromatic carbocycles. The van der Waals surface area contributed by atoms with Crippen LogP contribution in [0.3, 0.4) is 0 Å². The number of hydrogen-bond acceptors (Lipinski definition) is 3. The van der Waals surface area contributed by atoms with Crippen LogP contribution in [0.2, 0.25) is 0 Å². The van der Waals surface area contributed by atoms with Crippen molar-refractivity contribution in [2.75, 3.05) is 25.0 Å². The molecule has 0 bridgehead atoms. The van der Waals surface area contributed by atoms with Crippen molar-refractivity contribution >= 4 is 27.5 Å². The van der Waals surface area contributed by atoms with Gasteiger partial charge in [0.15, 0.2) is 0 Å². The average molecular weight is 380 g/mol. The summed E-state index contributed by atoms with van der Waals surface area (Å²) in [6.07, 6.45) is -2.82. The normalized spacial score (nSPS) is 17.5. The van der Waals surface area contributed by atoms with Gasteiger partial charge in [0.1, 0.15) is 0 Å². The molecular formula is C14H17BrF3N3O. The first-order chi connectivity index (χ1) is 10.3. The Labute approximate surface area is 135 Å². The molecule has 22 heavy (non-hydrogen) atoms. The van der Waals surface area contributed by atoms with Gasteiger partial charge >= 0.3 is 6.18 Å². The number of carbonyl (C=O) groups excluding carboxylic acids is 1. The topological polar surface area (TPSA) is 58.4 Å². The highest BCUT2D eigenvalue weighted by molar-refractivity contribution is 9.10. The molecule has 1 aliphatic heterocycles. The van der Waals surface area contributed by atoms with Crippen LogP contribution < -0.4 is 11.1 Å². The highest BCUT2D eigenvalue weighted by Crippen LogP contribution is 2.36. The van der Waals surface area contributed by atoms with Crippen LogP contribution in [0.25, 0.3) is 0 Å².